The fourth-order valence-electron chi connectivity index (χ4n) is 1.46. The van der Waals surface area contributed by atoms with Gasteiger partial charge in [0.15, 0.2) is 0 Å². The molecule has 0 bridgehead atoms. The summed E-state index contributed by atoms with van der Waals surface area (Å²) in [7, 11) is 0. The van der Waals surface area contributed by atoms with E-state index in [0.29, 0.717) is 6.42 Å². The average molecular weight is 220 g/mol. The number of hydrogen-bond acceptors (Lipinski definition) is 2. The van der Waals surface area contributed by atoms with Crippen LogP contribution >= 0.6 is 0 Å². The summed E-state index contributed by atoms with van der Waals surface area (Å²) in [5, 5.41) is 2.88. The highest BCUT2D eigenvalue weighted by atomic mass is 16.1. The van der Waals surface area contributed by atoms with Crippen LogP contribution in [0.15, 0.2) is 24.3 Å². The summed E-state index contributed by atoms with van der Waals surface area (Å²) in [5.41, 5.74) is 7.65. The summed E-state index contributed by atoms with van der Waals surface area (Å²) < 4.78 is 0. The molecule has 1 atom stereocenters. The van der Waals surface area contributed by atoms with Crippen LogP contribution in [0.2, 0.25) is 0 Å². The Hall–Kier alpha value is -1.35. The van der Waals surface area contributed by atoms with Crippen LogP contribution in [0.1, 0.15) is 44.7 Å². The number of carbonyl (C=O) groups excluding carboxylic acids is 1. The summed E-state index contributed by atoms with van der Waals surface area (Å²) in [5.74, 6) is 0.0728. The van der Waals surface area contributed by atoms with Gasteiger partial charge in [0.25, 0.3) is 0 Å². The second-order valence-electron chi connectivity index (χ2n) is 4.07. The fourth-order valence-corrected chi connectivity index (χ4v) is 1.46. The van der Waals surface area contributed by atoms with Crippen LogP contribution in [0.4, 0.5) is 5.69 Å². The van der Waals surface area contributed by atoms with Crippen LogP contribution in [0.25, 0.3) is 0 Å². The molecule has 0 radical (unpaired) electrons. The zero-order chi connectivity index (χ0) is 12.0. The van der Waals surface area contributed by atoms with E-state index < -0.39 is 0 Å². The molecule has 88 valence electrons. The molecule has 3 nitrogen and oxygen atoms in total. The molecule has 0 aliphatic carbocycles. The van der Waals surface area contributed by atoms with E-state index >= 15 is 0 Å². The second kappa shape index (κ2) is 6.28. The highest BCUT2D eigenvalue weighted by molar-refractivity contribution is 5.90. The number of benzene rings is 1. The molecule has 0 saturated heterocycles. The van der Waals surface area contributed by atoms with E-state index in [1.807, 2.05) is 31.2 Å². The number of nitrogens with two attached hydrogens (primary N) is 1. The monoisotopic (exact) mass is 220 g/mol. The molecule has 0 saturated carbocycles. The van der Waals surface area contributed by atoms with Gasteiger partial charge in [0.1, 0.15) is 0 Å². The Morgan fingerprint density at radius 2 is 2.25 bits per heavy atom. The number of rotatable bonds is 5. The zero-order valence-corrected chi connectivity index (χ0v) is 9.99. The Morgan fingerprint density at radius 3 is 2.88 bits per heavy atom. The molecule has 0 aromatic heterocycles. The first-order valence-corrected chi connectivity index (χ1v) is 5.79. The van der Waals surface area contributed by atoms with Gasteiger partial charge in [-0.1, -0.05) is 25.5 Å². The Morgan fingerprint density at radius 1 is 1.50 bits per heavy atom. The molecule has 3 heteroatoms. The normalized spacial score (nSPS) is 12.2. The lowest BCUT2D eigenvalue weighted by molar-refractivity contribution is -0.116. The first-order chi connectivity index (χ1) is 7.63. The van der Waals surface area contributed by atoms with Crippen molar-refractivity contribution >= 4 is 11.6 Å². The predicted molar refractivity (Wildman–Crippen MR) is 67.2 cm³/mol. The van der Waals surface area contributed by atoms with E-state index in [4.69, 9.17) is 5.73 Å². The van der Waals surface area contributed by atoms with Crippen LogP contribution in [0.5, 0.6) is 0 Å². The molecule has 1 amide bonds. The van der Waals surface area contributed by atoms with Crippen molar-refractivity contribution in [2.75, 3.05) is 5.32 Å². The molecule has 1 aromatic carbocycles. The van der Waals surface area contributed by atoms with Gasteiger partial charge in [-0.2, -0.15) is 0 Å². The van der Waals surface area contributed by atoms with Crippen molar-refractivity contribution < 1.29 is 4.79 Å². The maximum atomic E-state index is 11.5. The maximum Gasteiger partial charge on any atom is 0.224 e. The molecule has 0 aliphatic heterocycles. The van der Waals surface area contributed by atoms with Crippen molar-refractivity contribution in [1.29, 1.82) is 0 Å². The van der Waals surface area contributed by atoms with Crippen molar-refractivity contribution in [3.8, 4) is 0 Å². The molecule has 1 aromatic rings. The molecular formula is C13H20N2O. The number of anilines is 1. The topological polar surface area (TPSA) is 55.1 Å². The molecule has 3 N–H and O–H groups in total. The van der Waals surface area contributed by atoms with Crippen molar-refractivity contribution in [3.63, 3.8) is 0 Å². The molecular weight excluding hydrogens is 200 g/mol. The number of nitrogens with one attached hydrogen (secondary N) is 1. The van der Waals surface area contributed by atoms with E-state index in [9.17, 15) is 4.79 Å². The molecule has 0 aliphatic rings. The van der Waals surface area contributed by atoms with Gasteiger partial charge >= 0.3 is 0 Å². The van der Waals surface area contributed by atoms with E-state index in [-0.39, 0.29) is 11.9 Å². The molecule has 0 spiro atoms. The maximum absolute atomic E-state index is 11.5. The average Bonchev–Trinajstić information content (AvgIpc) is 2.26. The van der Waals surface area contributed by atoms with Gasteiger partial charge in [0, 0.05) is 18.2 Å². The molecule has 1 rings (SSSR count). The second-order valence-corrected chi connectivity index (χ2v) is 4.07. The lowest BCUT2D eigenvalue weighted by Gasteiger charge is -2.09. The van der Waals surface area contributed by atoms with E-state index in [0.717, 1.165) is 24.1 Å². The highest BCUT2D eigenvalue weighted by Gasteiger charge is 2.03. The third kappa shape index (κ3) is 4.03. The largest absolute Gasteiger partial charge is 0.326 e. The Bertz CT molecular complexity index is 348. The minimum atomic E-state index is -0.00695. The fraction of sp³-hybridized carbons (Fsp3) is 0.462. The van der Waals surface area contributed by atoms with Crippen LogP contribution in [0, 0.1) is 0 Å². The zero-order valence-electron chi connectivity index (χ0n) is 9.99. The van der Waals surface area contributed by atoms with Gasteiger partial charge in [-0.3, -0.25) is 4.79 Å². The number of unbranched alkanes of at least 4 members (excludes halogenated alkanes) is 1. The number of amides is 1. The SMILES string of the molecule is CCCCC(=O)Nc1cccc(C(C)N)c1. The third-order valence-electron chi connectivity index (χ3n) is 2.45. The van der Waals surface area contributed by atoms with Crippen LogP contribution in [-0.2, 0) is 4.79 Å². The number of hydrogen-bond donors (Lipinski definition) is 2. The lowest BCUT2D eigenvalue weighted by Crippen LogP contribution is -2.12. The first kappa shape index (κ1) is 12.7. The van der Waals surface area contributed by atoms with Gasteiger partial charge in [0.05, 0.1) is 0 Å². The van der Waals surface area contributed by atoms with Gasteiger partial charge in [-0.05, 0) is 31.0 Å². The lowest BCUT2D eigenvalue weighted by atomic mass is 10.1. The minimum Gasteiger partial charge on any atom is -0.326 e. The molecule has 0 heterocycles. The van der Waals surface area contributed by atoms with Crippen LogP contribution < -0.4 is 11.1 Å². The van der Waals surface area contributed by atoms with Gasteiger partial charge in [-0.25, -0.2) is 0 Å². The summed E-state index contributed by atoms with van der Waals surface area (Å²) in [6.07, 6.45) is 2.55. The summed E-state index contributed by atoms with van der Waals surface area (Å²) in [4.78, 5) is 11.5. The van der Waals surface area contributed by atoms with E-state index in [1.54, 1.807) is 0 Å². The Balaban J connectivity index is 2.59. The van der Waals surface area contributed by atoms with Crippen LogP contribution in [-0.4, -0.2) is 5.91 Å². The molecule has 0 fully saturated rings. The van der Waals surface area contributed by atoms with Crippen molar-refractivity contribution in [1.82, 2.24) is 0 Å². The summed E-state index contributed by atoms with van der Waals surface area (Å²) in [6, 6.07) is 7.68. The van der Waals surface area contributed by atoms with Gasteiger partial charge < -0.3 is 11.1 Å². The van der Waals surface area contributed by atoms with Crippen molar-refractivity contribution in [2.24, 2.45) is 5.73 Å². The van der Waals surface area contributed by atoms with E-state index in [2.05, 4.69) is 12.2 Å². The third-order valence-corrected chi connectivity index (χ3v) is 2.45. The Kier molecular flexibility index (Phi) is 4.99. The molecule has 1 unspecified atom stereocenters. The highest BCUT2D eigenvalue weighted by Crippen LogP contribution is 2.15. The first-order valence-electron chi connectivity index (χ1n) is 5.79. The molecule has 16 heavy (non-hydrogen) atoms. The van der Waals surface area contributed by atoms with Crippen molar-refractivity contribution in [2.45, 2.75) is 39.2 Å². The van der Waals surface area contributed by atoms with E-state index in [1.165, 1.54) is 0 Å². The summed E-state index contributed by atoms with van der Waals surface area (Å²) >= 11 is 0. The standard InChI is InChI=1S/C13H20N2O/c1-3-4-8-13(16)15-12-7-5-6-11(9-12)10(2)14/h5-7,9-10H,3-4,8,14H2,1-2H3,(H,15,16). The quantitative estimate of drug-likeness (QED) is 0.801. The van der Waals surface area contributed by atoms with Crippen LogP contribution in [0.3, 0.4) is 0 Å². The van der Waals surface area contributed by atoms with Gasteiger partial charge in [0.2, 0.25) is 5.91 Å². The number of carbonyl (C=O) groups is 1. The summed E-state index contributed by atoms with van der Waals surface area (Å²) in [6.45, 7) is 4.00. The van der Waals surface area contributed by atoms with Crippen molar-refractivity contribution in [3.05, 3.63) is 29.8 Å². The Labute approximate surface area is 97.0 Å². The predicted octanol–water partition coefficient (Wildman–Crippen LogP) is 2.83. The minimum absolute atomic E-state index is 0.00695. The smallest absolute Gasteiger partial charge is 0.224 e. The van der Waals surface area contributed by atoms with Gasteiger partial charge in [-0.15, -0.1) is 0 Å².